The molecule has 0 heterocycles. The average Bonchev–Trinajstić information content (AvgIpc) is 2.39. The molecule has 0 fully saturated rings. The summed E-state index contributed by atoms with van der Waals surface area (Å²) < 4.78 is 5.08. The zero-order chi connectivity index (χ0) is 13.4. The van der Waals surface area contributed by atoms with Crippen LogP contribution in [-0.2, 0) is 10.1 Å². The standard InChI is InChI=1S/C13H16BrClN2O/c1-18-8-7-17(6-2-5-16)13-4-3-11(10-14)9-12(13)15/h3-4,9H,2,6-8,10H2,1H3. The minimum atomic E-state index is 0.472. The number of hydrogen-bond acceptors (Lipinski definition) is 3. The highest BCUT2D eigenvalue weighted by atomic mass is 79.9. The van der Waals surface area contributed by atoms with Crippen LogP contribution in [0.3, 0.4) is 0 Å². The van der Waals surface area contributed by atoms with Crippen LogP contribution in [0.25, 0.3) is 0 Å². The number of benzene rings is 1. The maximum absolute atomic E-state index is 8.69. The minimum Gasteiger partial charge on any atom is -0.383 e. The molecule has 0 radical (unpaired) electrons. The average molecular weight is 332 g/mol. The lowest BCUT2D eigenvalue weighted by molar-refractivity contribution is 0.205. The van der Waals surface area contributed by atoms with E-state index in [2.05, 4.69) is 26.9 Å². The van der Waals surface area contributed by atoms with Crippen molar-refractivity contribution in [2.24, 2.45) is 0 Å². The van der Waals surface area contributed by atoms with Gasteiger partial charge in [-0.3, -0.25) is 0 Å². The molecule has 1 aromatic carbocycles. The highest BCUT2D eigenvalue weighted by Gasteiger charge is 2.10. The number of rotatable bonds is 7. The molecule has 0 aliphatic rings. The second-order valence-electron chi connectivity index (χ2n) is 3.81. The molecular weight excluding hydrogens is 316 g/mol. The van der Waals surface area contributed by atoms with Gasteiger partial charge < -0.3 is 9.64 Å². The second-order valence-corrected chi connectivity index (χ2v) is 4.78. The van der Waals surface area contributed by atoms with Crippen LogP contribution in [0, 0.1) is 11.3 Å². The molecule has 0 saturated carbocycles. The summed E-state index contributed by atoms with van der Waals surface area (Å²) in [6.07, 6.45) is 0.472. The van der Waals surface area contributed by atoms with Crippen LogP contribution in [0.2, 0.25) is 5.02 Å². The third kappa shape index (κ3) is 4.49. The summed E-state index contributed by atoms with van der Waals surface area (Å²) in [7, 11) is 1.66. The molecule has 0 aliphatic heterocycles. The van der Waals surface area contributed by atoms with E-state index in [1.807, 2.05) is 18.2 Å². The summed E-state index contributed by atoms with van der Waals surface area (Å²) in [4.78, 5) is 2.08. The summed E-state index contributed by atoms with van der Waals surface area (Å²) in [6, 6.07) is 8.12. The Labute approximate surface area is 121 Å². The Balaban J connectivity index is 2.86. The van der Waals surface area contributed by atoms with Gasteiger partial charge in [-0.25, -0.2) is 0 Å². The lowest BCUT2D eigenvalue weighted by atomic mass is 10.2. The number of halogens is 2. The third-order valence-electron chi connectivity index (χ3n) is 2.57. The third-order valence-corrected chi connectivity index (χ3v) is 3.52. The van der Waals surface area contributed by atoms with E-state index in [4.69, 9.17) is 21.6 Å². The van der Waals surface area contributed by atoms with Gasteiger partial charge in [0.25, 0.3) is 0 Å². The van der Waals surface area contributed by atoms with E-state index in [1.165, 1.54) is 0 Å². The summed E-state index contributed by atoms with van der Waals surface area (Å²) in [6.45, 7) is 2.00. The van der Waals surface area contributed by atoms with Gasteiger partial charge in [-0.1, -0.05) is 33.6 Å². The number of hydrogen-bond donors (Lipinski definition) is 0. The molecule has 0 aliphatic carbocycles. The quantitative estimate of drug-likeness (QED) is 0.716. The second kappa shape index (κ2) is 8.36. The molecule has 1 rings (SSSR count). The Bertz CT molecular complexity index is 420. The monoisotopic (exact) mass is 330 g/mol. The van der Waals surface area contributed by atoms with Gasteiger partial charge in [-0.15, -0.1) is 0 Å². The fourth-order valence-corrected chi connectivity index (χ4v) is 2.30. The van der Waals surface area contributed by atoms with Gasteiger partial charge in [-0.2, -0.15) is 5.26 Å². The normalized spacial score (nSPS) is 10.1. The highest BCUT2D eigenvalue weighted by molar-refractivity contribution is 9.08. The Hall–Kier alpha value is -0.760. The van der Waals surface area contributed by atoms with Gasteiger partial charge in [0.2, 0.25) is 0 Å². The van der Waals surface area contributed by atoms with Crippen molar-refractivity contribution in [2.75, 3.05) is 31.7 Å². The number of nitriles is 1. The molecule has 0 N–H and O–H groups in total. The van der Waals surface area contributed by atoms with Crippen LogP contribution in [0.4, 0.5) is 5.69 Å². The zero-order valence-corrected chi connectivity index (χ0v) is 12.7. The van der Waals surface area contributed by atoms with Crippen LogP contribution in [0.1, 0.15) is 12.0 Å². The number of ether oxygens (including phenoxy) is 1. The van der Waals surface area contributed by atoms with Crippen LogP contribution < -0.4 is 4.90 Å². The smallest absolute Gasteiger partial charge is 0.0642 e. The highest BCUT2D eigenvalue weighted by Crippen LogP contribution is 2.27. The van der Waals surface area contributed by atoms with Crippen molar-refractivity contribution in [2.45, 2.75) is 11.8 Å². The van der Waals surface area contributed by atoms with Gasteiger partial charge in [0.1, 0.15) is 0 Å². The van der Waals surface area contributed by atoms with E-state index >= 15 is 0 Å². The van der Waals surface area contributed by atoms with E-state index in [-0.39, 0.29) is 0 Å². The van der Waals surface area contributed by atoms with E-state index in [1.54, 1.807) is 7.11 Å². The lowest BCUT2D eigenvalue weighted by Gasteiger charge is -2.24. The Morgan fingerprint density at radius 3 is 2.78 bits per heavy atom. The van der Waals surface area contributed by atoms with Gasteiger partial charge in [-0.05, 0) is 17.7 Å². The molecule has 1 aromatic rings. The van der Waals surface area contributed by atoms with E-state index < -0.39 is 0 Å². The summed E-state index contributed by atoms with van der Waals surface area (Å²) >= 11 is 9.68. The van der Waals surface area contributed by atoms with Crippen LogP contribution in [-0.4, -0.2) is 26.8 Å². The van der Waals surface area contributed by atoms with Crippen molar-refractivity contribution in [1.29, 1.82) is 5.26 Å². The predicted octanol–water partition coefficient (Wildman–Crippen LogP) is 3.60. The fourth-order valence-electron chi connectivity index (χ4n) is 1.63. The number of anilines is 1. The molecule has 0 bridgehead atoms. The van der Waals surface area contributed by atoms with E-state index in [0.717, 1.165) is 23.1 Å². The molecule has 0 spiro atoms. The molecule has 0 atom stereocenters. The largest absolute Gasteiger partial charge is 0.383 e. The maximum atomic E-state index is 8.69. The Morgan fingerprint density at radius 2 is 2.22 bits per heavy atom. The van der Waals surface area contributed by atoms with Crippen molar-refractivity contribution in [3.05, 3.63) is 28.8 Å². The molecule has 0 aromatic heterocycles. The van der Waals surface area contributed by atoms with Crippen molar-refractivity contribution < 1.29 is 4.74 Å². The van der Waals surface area contributed by atoms with Crippen LogP contribution in [0.5, 0.6) is 0 Å². The number of methoxy groups -OCH3 is 1. The Kier molecular flexibility index (Phi) is 7.11. The Morgan fingerprint density at radius 1 is 1.44 bits per heavy atom. The number of alkyl halides is 1. The molecule has 3 nitrogen and oxygen atoms in total. The maximum Gasteiger partial charge on any atom is 0.0642 e. The molecule has 0 saturated heterocycles. The molecule has 5 heteroatoms. The molecule has 98 valence electrons. The lowest BCUT2D eigenvalue weighted by Crippen LogP contribution is -2.28. The van der Waals surface area contributed by atoms with Crippen LogP contribution in [0.15, 0.2) is 18.2 Å². The van der Waals surface area contributed by atoms with Gasteiger partial charge in [0.05, 0.1) is 29.8 Å². The van der Waals surface area contributed by atoms with Gasteiger partial charge in [0, 0.05) is 25.5 Å². The molecular formula is C13H16BrClN2O. The first-order valence-electron chi connectivity index (χ1n) is 5.68. The first kappa shape index (κ1) is 15.3. The molecule has 0 unspecified atom stereocenters. The van der Waals surface area contributed by atoms with Crippen molar-refractivity contribution in [3.8, 4) is 6.07 Å². The summed E-state index contributed by atoms with van der Waals surface area (Å²) in [5.41, 5.74) is 2.09. The topological polar surface area (TPSA) is 36.3 Å². The van der Waals surface area contributed by atoms with Crippen LogP contribution >= 0.6 is 27.5 Å². The molecule has 0 amide bonds. The minimum absolute atomic E-state index is 0.472. The zero-order valence-electron chi connectivity index (χ0n) is 10.3. The first-order valence-corrected chi connectivity index (χ1v) is 7.18. The predicted molar refractivity (Wildman–Crippen MR) is 78.4 cm³/mol. The van der Waals surface area contributed by atoms with E-state index in [9.17, 15) is 0 Å². The molecule has 18 heavy (non-hydrogen) atoms. The summed E-state index contributed by atoms with van der Waals surface area (Å²) in [5, 5.41) is 10.2. The van der Waals surface area contributed by atoms with Crippen molar-refractivity contribution >= 4 is 33.2 Å². The van der Waals surface area contributed by atoms with E-state index in [0.29, 0.717) is 24.6 Å². The van der Waals surface area contributed by atoms with Gasteiger partial charge in [0.15, 0.2) is 0 Å². The summed E-state index contributed by atoms with van der Waals surface area (Å²) in [5.74, 6) is 0. The van der Waals surface area contributed by atoms with Crippen molar-refractivity contribution in [1.82, 2.24) is 0 Å². The number of nitrogens with zero attached hydrogens (tertiary/aromatic N) is 2. The fraction of sp³-hybridized carbons (Fsp3) is 0.462. The first-order chi connectivity index (χ1) is 8.72. The van der Waals surface area contributed by atoms with Gasteiger partial charge >= 0.3 is 0 Å². The van der Waals surface area contributed by atoms with Crippen molar-refractivity contribution in [3.63, 3.8) is 0 Å². The SMILES string of the molecule is COCCN(CCC#N)c1ccc(CBr)cc1Cl.